The molecular formula is C18H20N4O4. The summed E-state index contributed by atoms with van der Waals surface area (Å²) in [5, 5.41) is 6.36. The lowest BCUT2D eigenvalue weighted by atomic mass is 10.1. The van der Waals surface area contributed by atoms with Crippen molar-refractivity contribution in [3.8, 4) is 11.5 Å². The molecular weight excluding hydrogens is 336 g/mol. The van der Waals surface area contributed by atoms with Gasteiger partial charge >= 0.3 is 0 Å². The standard InChI is InChI=1S/C18H20N4O4/c23-17(10-3-4-10)20-12-8-25-16-13(9-26-15(12)16)22-18-19-6-5-11(21-18)14-2-1-7-24-14/h1-2,5-7,10,12-13,15-16H,3-4,8-9H2,(H,20,23)(H,19,21,22). The van der Waals surface area contributed by atoms with Crippen molar-refractivity contribution in [2.24, 2.45) is 5.92 Å². The first-order valence-electron chi connectivity index (χ1n) is 8.95. The maximum absolute atomic E-state index is 12.0. The van der Waals surface area contributed by atoms with Crippen LogP contribution in [0.5, 0.6) is 0 Å². The van der Waals surface area contributed by atoms with Gasteiger partial charge in [-0.3, -0.25) is 4.79 Å². The molecule has 4 unspecified atom stereocenters. The molecule has 26 heavy (non-hydrogen) atoms. The third-order valence-electron chi connectivity index (χ3n) is 5.07. The van der Waals surface area contributed by atoms with Crippen LogP contribution in [0.25, 0.3) is 11.5 Å². The zero-order valence-corrected chi connectivity index (χ0v) is 14.1. The molecule has 2 aromatic heterocycles. The van der Waals surface area contributed by atoms with Crippen molar-refractivity contribution in [1.29, 1.82) is 0 Å². The average molecular weight is 356 g/mol. The topological polar surface area (TPSA) is 98.5 Å². The molecule has 2 saturated heterocycles. The van der Waals surface area contributed by atoms with Crippen molar-refractivity contribution in [3.05, 3.63) is 30.7 Å². The van der Waals surface area contributed by atoms with E-state index < -0.39 is 0 Å². The maximum atomic E-state index is 12.0. The van der Waals surface area contributed by atoms with E-state index in [0.29, 0.717) is 30.6 Å². The molecule has 3 aliphatic rings. The molecule has 0 radical (unpaired) electrons. The van der Waals surface area contributed by atoms with Gasteiger partial charge in [-0.15, -0.1) is 0 Å². The van der Waals surface area contributed by atoms with Gasteiger partial charge in [0.15, 0.2) is 5.76 Å². The van der Waals surface area contributed by atoms with Crippen LogP contribution >= 0.6 is 0 Å². The lowest BCUT2D eigenvalue weighted by Gasteiger charge is -2.18. The van der Waals surface area contributed by atoms with Gasteiger partial charge in [-0.2, -0.15) is 0 Å². The molecule has 1 saturated carbocycles. The third-order valence-corrected chi connectivity index (χ3v) is 5.07. The highest BCUT2D eigenvalue weighted by molar-refractivity contribution is 5.81. The zero-order valence-electron chi connectivity index (χ0n) is 14.1. The monoisotopic (exact) mass is 356 g/mol. The number of nitrogens with one attached hydrogen (secondary N) is 2. The minimum absolute atomic E-state index is 0.0605. The SMILES string of the molecule is O=C(NC1COC2C(Nc3nccc(-c4ccco4)n3)COC12)C1CC1. The Bertz CT molecular complexity index is 792. The van der Waals surface area contributed by atoms with Crippen molar-refractivity contribution in [1.82, 2.24) is 15.3 Å². The van der Waals surface area contributed by atoms with E-state index in [1.807, 2.05) is 12.1 Å². The number of amides is 1. The molecule has 2 aliphatic heterocycles. The average Bonchev–Trinajstić information content (AvgIpc) is 3.06. The summed E-state index contributed by atoms with van der Waals surface area (Å²) in [5.41, 5.74) is 0.713. The maximum Gasteiger partial charge on any atom is 0.223 e. The van der Waals surface area contributed by atoms with Gasteiger partial charge in [0.25, 0.3) is 0 Å². The van der Waals surface area contributed by atoms with E-state index in [2.05, 4.69) is 20.6 Å². The first-order valence-corrected chi connectivity index (χ1v) is 8.95. The second kappa shape index (κ2) is 6.37. The Kier molecular flexibility index (Phi) is 3.86. The molecule has 0 bridgehead atoms. The lowest BCUT2D eigenvalue weighted by molar-refractivity contribution is -0.123. The summed E-state index contributed by atoms with van der Waals surface area (Å²) in [6.45, 7) is 0.957. The minimum Gasteiger partial charge on any atom is -0.463 e. The molecule has 0 aromatic carbocycles. The summed E-state index contributed by atoms with van der Waals surface area (Å²) in [5.74, 6) is 1.49. The van der Waals surface area contributed by atoms with Crippen LogP contribution in [0.2, 0.25) is 0 Å². The number of rotatable bonds is 5. The van der Waals surface area contributed by atoms with Gasteiger partial charge in [-0.1, -0.05) is 0 Å². The molecule has 136 valence electrons. The molecule has 8 nitrogen and oxygen atoms in total. The van der Waals surface area contributed by atoms with Crippen LogP contribution in [-0.4, -0.2) is 53.4 Å². The number of furan rings is 1. The number of hydrogen-bond donors (Lipinski definition) is 2. The Balaban J connectivity index is 1.25. The first-order chi connectivity index (χ1) is 12.8. The van der Waals surface area contributed by atoms with Gasteiger partial charge < -0.3 is 24.5 Å². The van der Waals surface area contributed by atoms with Gasteiger partial charge in [0.1, 0.15) is 17.9 Å². The molecule has 2 aromatic rings. The quantitative estimate of drug-likeness (QED) is 0.831. The molecule has 8 heteroatoms. The van der Waals surface area contributed by atoms with E-state index in [-0.39, 0.29) is 36.1 Å². The number of anilines is 1. The predicted octanol–water partition coefficient (Wildman–Crippen LogP) is 1.21. The highest BCUT2D eigenvalue weighted by Gasteiger charge is 2.49. The largest absolute Gasteiger partial charge is 0.463 e. The Morgan fingerprint density at radius 3 is 2.69 bits per heavy atom. The number of aromatic nitrogens is 2. The normalized spacial score (nSPS) is 30.2. The highest BCUT2D eigenvalue weighted by Crippen LogP contribution is 2.32. The summed E-state index contributed by atoms with van der Waals surface area (Å²) >= 11 is 0. The molecule has 4 atom stereocenters. The van der Waals surface area contributed by atoms with Crippen molar-refractivity contribution in [2.75, 3.05) is 18.5 Å². The smallest absolute Gasteiger partial charge is 0.223 e. The Morgan fingerprint density at radius 1 is 1.12 bits per heavy atom. The highest BCUT2D eigenvalue weighted by atomic mass is 16.6. The summed E-state index contributed by atoms with van der Waals surface area (Å²) in [6, 6.07) is 5.33. The Morgan fingerprint density at radius 2 is 1.92 bits per heavy atom. The summed E-state index contributed by atoms with van der Waals surface area (Å²) in [7, 11) is 0. The van der Waals surface area contributed by atoms with Crippen LogP contribution in [-0.2, 0) is 14.3 Å². The number of fused-ring (bicyclic) bond motifs is 1. The third kappa shape index (κ3) is 2.95. The fourth-order valence-electron chi connectivity index (χ4n) is 3.55. The van der Waals surface area contributed by atoms with E-state index >= 15 is 0 Å². The van der Waals surface area contributed by atoms with Crippen molar-refractivity contribution in [2.45, 2.75) is 37.1 Å². The van der Waals surface area contributed by atoms with Crippen LogP contribution in [0.1, 0.15) is 12.8 Å². The number of ether oxygens (including phenoxy) is 2. The van der Waals surface area contributed by atoms with Gasteiger partial charge in [0, 0.05) is 12.1 Å². The fourth-order valence-corrected chi connectivity index (χ4v) is 3.55. The van der Waals surface area contributed by atoms with Crippen LogP contribution in [0.3, 0.4) is 0 Å². The molecule has 1 aliphatic carbocycles. The van der Waals surface area contributed by atoms with Crippen molar-refractivity contribution >= 4 is 11.9 Å². The molecule has 4 heterocycles. The van der Waals surface area contributed by atoms with E-state index in [9.17, 15) is 4.79 Å². The lowest BCUT2D eigenvalue weighted by Crippen LogP contribution is -2.45. The number of carbonyl (C=O) groups is 1. The van der Waals surface area contributed by atoms with Gasteiger partial charge in [-0.05, 0) is 31.0 Å². The zero-order chi connectivity index (χ0) is 17.5. The molecule has 0 spiro atoms. The number of carbonyl (C=O) groups excluding carboxylic acids is 1. The number of nitrogens with zero attached hydrogens (tertiary/aromatic N) is 2. The number of hydrogen-bond acceptors (Lipinski definition) is 7. The van der Waals surface area contributed by atoms with Gasteiger partial charge in [0.05, 0.1) is 31.6 Å². The van der Waals surface area contributed by atoms with Crippen LogP contribution in [0.4, 0.5) is 5.95 Å². The Hall–Kier alpha value is -2.45. The molecule has 3 fully saturated rings. The molecule has 1 amide bonds. The van der Waals surface area contributed by atoms with Crippen LogP contribution in [0, 0.1) is 5.92 Å². The van der Waals surface area contributed by atoms with E-state index in [1.54, 1.807) is 18.5 Å². The van der Waals surface area contributed by atoms with E-state index in [4.69, 9.17) is 13.9 Å². The Labute approximate surface area is 150 Å². The minimum atomic E-state index is -0.136. The van der Waals surface area contributed by atoms with Crippen molar-refractivity contribution < 1.29 is 18.7 Å². The predicted molar refractivity (Wildman–Crippen MR) is 91.3 cm³/mol. The summed E-state index contributed by atoms with van der Waals surface area (Å²) < 4.78 is 17.2. The van der Waals surface area contributed by atoms with Gasteiger partial charge in [-0.25, -0.2) is 9.97 Å². The summed E-state index contributed by atoms with van der Waals surface area (Å²) in [4.78, 5) is 20.8. The fraction of sp³-hybridized carbons (Fsp3) is 0.500. The first kappa shape index (κ1) is 15.8. The van der Waals surface area contributed by atoms with E-state index in [0.717, 1.165) is 12.8 Å². The van der Waals surface area contributed by atoms with Crippen LogP contribution in [0.15, 0.2) is 35.1 Å². The summed E-state index contributed by atoms with van der Waals surface area (Å²) in [6.07, 6.45) is 5.01. The second-order valence-corrected chi connectivity index (χ2v) is 6.98. The molecule has 5 rings (SSSR count). The van der Waals surface area contributed by atoms with E-state index in [1.165, 1.54) is 0 Å². The van der Waals surface area contributed by atoms with Crippen LogP contribution < -0.4 is 10.6 Å². The second-order valence-electron chi connectivity index (χ2n) is 6.98. The molecule has 2 N–H and O–H groups in total. The van der Waals surface area contributed by atoms with Crippen molar-refractivity contribution in [3.63, 3.8) is 0 Å². The van der Waals surface area contributed by atoms with Gasteiger partial charge in [0.2, 0.25) is 11.9 Å².